The van der Waals surface area contributed by atoms with E-state index in [4.69, 9.17) is 15.2 Å². The molecule has 3 unspecified atom stereocenters. The number of carbonyl (C=O) groups excluding carboxylic acids is 1. The molecule has 15 heavy (non-hydrogen) atoms. The molecule has 5 heteroatoms. The summed E-state index contributed by atoms with van der Waals surface area (Å²) >= 11 is 0. The maximum Gasteiger partial charge on any atom is 0.250 e. The van der Waals surface area contributed by atoms with Gasteiger partial charge in [0.1, 0.15) is 6.10 Å². The van der Waals surface area contributed by atoms with Crippen molar-refractivity contribution in [2.24, 2.45) is 5.73 Å². The van der Waals surface area contributed by atoms with Crippen molar-refractivity contribution in [3.05, 3.63) is 0 Å². The van der Waals surface area contributed by atoms with Crippen LogP contribution in [-0.2, 0) is 14.3 Å². The van der Waals surface area contributed by atoms with E-state index in [0.717, 1.165) is 6.42 Å². The van der Waals surface area contributed by atoms with Crippen LogP contribution >= 0.6 is 0 Å². The van der Waals surface area contributed by atoms with Crippen molar-refractivity contribution in [3.63, 3.8) is 0 Å². The van der Waals surface area contributed by atoms with Crippen LogP contribution in [0.25, 0.3) is 0 Å². The maximum absolute atomic E-state index is 11.7. The molecule has 1 saturated heterocycles. The third-order valence-electron chi connectivity index (χ3n) is 3.09. The third-order valence-corrected chi connectivity index (χ3v) is 3.09. The van der Waals surface area contributed by atoms with Gasteiger partial charge >= 0.3 is 0 Å². The van der Waals surface area contributed by atoms with Crippen molar-refractivity contribution < 1.29 is 14.3 Å². The summed E-state index contributed by atoms with van der Waals surface area (Å²) in [6.45, 7) is 4.80. The summed E-state index contributed by atoms with van der Waals surface area (Å²) in [5.74, 6) is -0.167. The minimum Gasteiger partial charge on any atom is -0.376 e. The fraction of sp³-hybridized carbons (Fsp3) is 0.900. The molecule has 5 nitrogen and oxygen atoms in total. The second-order valence-electron chi connectivity index (χ2n) is 4.13. The number of hydrogen-bond donors (Lipinski definition) is 2. The molecule has 0 aliphatic carbocycles. The molecule has 1 fully saturated rings. The Labute approximate surface area is 90.3 Å². The molecular weight excluding hydrogens is 196 g/mol. The lowest BCUT2D eigenvalue weighted by Crippen LogP contribution is -2.55. The largest absolute Gasteiger partial charge is 0.376 e. The highest BCUT2D eigenvalue weighted by molar-refractivity contribution is 5.81. The van der Waals surface area contributed by atoms with Gasteiger partial charge in [0.25, 0.3) is 5.91 Å². The van der Waals surface area contributed by atoms with E-state index in [1.165, 1.54) is 7.11 Å². The number of amides is 1. The summed E-state index contributed by atoms with van der Waals surface area (Å²) in [7, 11) is 1.48. The van der Waals surface area contributed by atoms with Crippen molar-refractivity contribution in [1.82, 2.24) is 5.32 Å². The Balaban J connectivity index is 2.56. The van der Waals surface area contributed by atoms with Gasteiger partial charge in [0, 0.05) is 20.3 Å². The molecule has 1 aliphatic heterocycles. The second-order valence-corrected chi connectivity index (χ2v) is 4.13. The number of ether oxygens (including phenoxy) is 2. The summed E-state index contributed by atoms with van der Waals surface area (Å²) in [4.78, 5) is 11.7. The Morgan fingerprint density at radius 1 is 1.80 bits per heavy atom. The monoisotopic (exact) mass is 216 g/mol. The van der Waals surface area contributed by atoms with Gasteiger partial charge in [0.2, 0.25) is 0 Å². The third kappa shape index (κ3) is 2.68. The minimum absolute atomic E-state index is 0.0248. The van der Waals surface area contributed by atoms with E-state index in [1.807, 2.05) is 13.8 Å². The zero-order chi connectivity index (χ0) is 11.5. The minimum atomic E-state index is -0.574. The summed E-state index contributed by atoms with van der Waals surface area (Å²) in [5, 5.41) is 2.94. The SMILES string of the molecule is COC(CN)C(=O)NC1(C)CCOC1C. The molecule has 0 aromatic carbocycles. The maximum atomic E-state index is 11.7. The van der Waals surface area contributed by atoms with Crippen LogP contribution in [0.15, 0.2) is 0 Å². The molecule has 0 spiro atoms. The summed E-state index contributed by atoms with van der Waals surface area (Å²) < 4.78 is 10.4. The number of hydrogen-bond acceptors (Lipinski definition) is 4. The molecule has 88 valence electrons. The number of methoxy groups -OCH3 is 1. The summed E-state index contributed by atoms with van der Waals surface area (Å²) in [5.41, 5.74) is 5.12. The molecule has 1 rings (SSSR count). The highest BCUT2D eigenvalue weighted by Crippen LogP contribution is 2.25. The van der Waals surface area contributed by atoms with Crippen LogP contribution in [0.2, 0.25) is 0 Å². The zero-order valence-electron chi connectivity index (χ0n) is 9.58. The first-order valence-corrected chi connectivity index (χ1v) is 5.20. The highest BCUT2D eigenvalue weighted by atomic mass is 16.5. The number of nitrogens with two attached hydrogens (primary N) is 1. The first kappa shape index (κ1) is 12.4. The van der Waals surface area contributed by atoms with Gasteiger partial charge in [-0.3, -0.25) is 4.79 Å². The van der Waals surface area contributed by atoms with E-state index in [1.54, 1.807) is 0 Å². The van der Waals surface area contributed by atoms with Crippen LogP contribution in [0.4, 0.5) is 0 Å². The molecule has 3 N–H and O–H groups in total. The lowest BCUT2D eigenvalue weighted by Gasteiger charge is -2.30. The van der Waals surface area contributed by atoms with Crippen LogP contribution in [0.3, 0.4) is 0 Å². The van der Waals surface area contributed by atoms with Gasteiger partial charge in [-0.15, -0.1) is 0 Å². The lowest BCUT2D eigenvalue weighted by atomic mass is 9.94. The van der Waals surface area contributed by atoms with Crippen LogP contribution in [0.1, 0.15) is 20.3 Å². The van der Waals surface area contributed by atoms with Crippen molar-refractivity contribution >= 4 is 5.91 Å². The number of rotatable bonds is 4. The van der Waals surface area contributed by atoms with E-state index in [2.05, 4.69) is 5.32 Å². The second kappa shape index (κ2) is 4.92. The predicted molar refractivity (Wildman–Crippen MR) is 56.4 cm³/mol. The average Bonchev–Trinajstić information content (AvgIpc) is 2.48. The van der Waals surface area contributed by atoms with Crippen molar-refractivity contribution in [2.45, 2.75) is 38.0 Å². The van der Waals surface area contributed by atoms with E-state index >= 15 is 0 Å². The van der Waals surface area contributed by atoms with Gasteiger partial charge in [-0.2, -0.15) is 0 Å². The predicted octanol–water partition coefficient (Wildman–Crippen LogP) is -0.356. The lowest BCUT2D eigenvalue weighted by molar-refractivity contribution is -0.133. The fourth-order valence-electron chi connectivity index (χ4n) is 1.67. The standard InChI is InChI=1S/C10H20N2O3/c1-7-10(2,4-5-15-7)12-9(13)8(6-11)14-3/h7-8H,4-6,11H2,1-3H3,(H,12,13). The fourth-order valence-corrected chi connectivity index (χ4v) is 1.67. The Kier molecular flexibility index (Phi) is 4.07. The number of carbonyl (C=O) groups is 1. The van der Waals surface area contributed by atoms with Gasteiger partial charge in [0.05, 0.1) is 11.6 Å². The summed E-state index contributed by atoms with van der Waals surface area (Å²) in [6, 6.07) is 0. The zero-order valence-corrected chi connectivity index (χ0v) is 9.58. The molecular formula is C10H20N2O3. The molecule has 0 aromatic rings. The Morgan fingerprint density at radius 2 is 2.47 bits per heavy atom. The molecule has 1 heterocycles. The Bertz CT molecular complexity index is 231. The Morgan fingerprint density at radius 3 is 2.87 bits per heavy atom. The Hall–Kier alpha value is -0.650. The van der Waals surface area contributed by atoms with Gasteiger partial charge in [-0.25, -0.2) is 0 Å². The van der Waals surface area contributed by atoms with Crippen molar-refractivity contribution in [2.75, 3.05) is 20.3 Å². The van der Waals surface area contributed by atoms with E-state index in [9.17, 15) is 4.79 Å². The molecule has 1 amide bonds. The van der Waals surface area contributed by atoms with Gasteiger partial charge in [-0.05, 0) is 20.3 Å². The van der Waals surface area contributed by atoms with Crippen LogP contribution in [0, 0.1) is 0 Å². The highest BCUT2D eigenvalue weighted by Gasteiger charge is 2.39. The van der Waals surface area contributed by atoms with E-state index < -0.39 is 6.10 Å². The summed E-state index contributed by atoms with van der Waals surface area (Å²) in [6.07, 6.45) is 0.271. The molecule has 1 aliphatic rings. The van der Waals surface area contributed by atoms with Gasteiger partial charge < -0.3 is 20.5 Å². The van der Waals surface area contributed by atoms with E-state index in [0.29, 0.717) is 6.61 Å². The molecule has 0 radical (unpaired) electrons. The topological polar surface area (TPSA) is 73.6 Å². The van der Waals surface area contributed by atoms with Gasteiger partial charge in [-0.1, -0.05) is 0 Å². The number of nitrogens with one attached hydrogen (secondary N) is 1. The quantitative estimate of drug-likeness (QED) is 0.673. The molecule has 0 bridgehead atoms. The smallest absolute Gasteiger partial charge is 0.250 e. The van der Waals surface area contributed by atoms with Crippen LogP contribution < -0.4 is 11.1 Å². The molecule has 0 saturated carbocycles. The first-order valence-electron chi connectivity index (χ1n) is 5.20. The normalized spacial score (nSPS) is 32.7. The van der Waals surface area contributed by atoms with Crippen molar-refractivity contribution in [1.29, 1.82) is 0 Å². The molecule has 3 atom stereocenters. The van der Waals surface area contributed by atoms with Crippen LogP contribution in [0.5, 0.6) is 0 Å². The van der Waals surface area contributed by atoms with Crippen LogP contribution in [-0.4, -0.2) is 43.9 Å². The first-order chi connectivity index (χ1) is 7.03. The van der Waals surface area contributed by atoms with E-state index in [-0.39, 0.29) is 24.1 Å². The van der Waals surface area contributed by atoms with Gasteiger partial charge in [0.15, 0.2) is 0 Å². The molecule has 0 aromatic heterocycles. The average molecular weight is 216 g/mol. The van der Waals surface area contributed by atoms with Crippen molar-refractivity contribution in [3.8, 4) is 0 Å².